The Labute approximate surface area is 204 Å². The first-order valence-corrected chi connectivity index (χ1v) is 12.7. The largest absolute Gasteiger partial charge is 0.370 e. The number of rotatable bonds is 5. The van der Waals surface area contributed by atoms with Gasteiger partial charge in [-0.2, -0.15) is 0 Å². The van der Waals surface area contributed by atoms with Crippen LogP contribution in [-0.2, 0) is 0 Å². The number of pyridine rings is 1. The number of hydrogen-bond acceptors (Lipinski definition) is 5. The zero-order valence-electron chi connectivity index (χ0n) is 19.5. The van der Waals surface area contributed by atoms with Gasteiger partial charge in [0, 0.05) is 63.4 Å². The molecule has 34 heavy (non-hydrogen) atoms. The minimum absolute atomic E-state index is 0.635. The van der Waals surface area contributed by atoms with Crippen LogP contribution in [0.15, 0.2) is 84.4 Å². The highest BCUT2D eigenvalue weighted by Crippen LogP contribution is 2.36. The van der Waals surface area contributed by atoms with Crippen molar-refractivity contribution in [1.29, 1.82) is 0 Å². The number of fused-ring (bicyclic) bond motifs is 2. The van der Waals surface area contributed by atoms with Gasteiger partial charge in [-0.1, -0.05) is 24.3 Å². The van der Waals surface area contributed by atoms with Gasteiger partial charge in [0.1, 0.15) is 0 Å². The second kappa shape index (κ2) is 8.75. The van der Waals surface area contributed by atoms with E-state index in [0.29, 0.717) is 6.04 Å². The molecule has 1 unspecified atom stereocenters. The fourth-order valence-corrected chi connectivity index (χ4v) is 5.90. The Balaban J connectivity index is 1.29. The molecule has 0 saturated carbocycles. The number of hydrogen-bond donors (Lipinski definition) is 1. The number of benzene rings is 3. The highest BCUT2D eigenvalue weighted by atomic mass is 32.1. The summed E-state index contributed by atoms with van der Waals surface area (Å²) in [7, 11) is 4.35. The third-order valence-corrected chi connectivity index (χ3v) is 7.90. The molecule has 1 saturated heterocycles. The van der Waals surface area contributed by atoms with Crippen LogP contribution < -0.4 is 10.2 Å². The van der Waals surface area contributed by atoms with Gasteiger partial charge in [-0.15, -0.1) is 11.3 Å². The van der Waals surface area contributed by atoms with Gasteiger partial charge in [0.25, 0.3) is 0 Å². The first-order chi connectivity index (χ1) is 16.7. The summed E-state index contributed by atoms with van der Waals surface area (Å²) in [6, 6.07) is 26.7. The quantitative estimate of drug-likeness (QED) is 0.303. The summed E-state index contributed by atoms with van der Waals surface area (Å²) >= 11 is 1.80. The standard InChI is InChI=1S/C29H28N4S/c1-32(2)23-14-16-33(18-23)22-10-8-21(9-11-22)31-28-13-15-30-27-12-7-20(17-25(27)28)26-19-34-29-6-4-3-5-24(26)29/h3-13,15,17,19,23H,14,16,18H2,1-2H3,(H,30,31). The lowest BCUT2D eigenvalue weighted by atomic mass is 10.0. The smallest absolute Gasteiger partial charge is 0.0723 e. The summed E-state index contributed by atoms with van der Waals surface area (Å²) in [6.07, 6.45) is 3.10. The van der Waals surface area contributed by atoms with Gasteiger partial charge in [0.05, 0.1) is 5.52 Å². The third kappa shape index (κ3) is 3.91. The molecule has 1 fully saturated rings. The lowest BCUT2D eigenvalue weighted by molar-refractivity contribution is 0.315. The van der Waals surface area contributed by atoms with Gasteiger partial charge in [-0.05, 0) is 80.0 Å². The lowest BCUT2D eigenvalue weighted by Crippen LogP contribution is -2.31. The monoisotopic (exact) mass is 464 g/mol. The summed E-state index contributed by atoms with van der Waals surface area (Å²) < 4.78 is 1.32. The van der Waals surface area contributed by atoms with Crippen molar-refractivity contribution in [3.63, 3.8) is 0 Å². The second-order valence-electron chi connectivity index (χ2n) is 9.26. The highest BCUT2D eigenvalue weighted by molar-refractivity contribution is 7.17. The van der Waals surface area contributed by atoms with Crippen LogP contribution >= 0.6 is 11.3 Å². The van der Waals surface area contributed by atoms with E-state index in [0.717, 1.165) is 35.4 Å². The molecule has 3 heterocycles. The van der Waals surface area contributed by atoms with Crippen LogP contribution in [0, 0.1) is 0 Å². The van der Waals surface area contributed by atoms with Crippen molar-refractivity contribution in [3.05, 3.63) is 84.4 Å². The molecule has 0 spiro atoms. The van der Waals surface area contributed by atoms with Gasteiger partial charge in [0.2, 0.25) is 0 Å². The van der Waals surface area contributed by atoms with Crippen molar-refractivity contribution < 1.29 is 0 Å². The maximum absolute atomic E-state index is 4.61. The zero-order chi connectivity index (χ0) is 23.1. The first-order valence-electron chi connectivity index (χ1n) is 11.8. The Bertz CT molecular complexity index is 1450. The molecule has 1 aliphatic heterocycles. The van der Waals surface area contributed by atoms with Crippen LogP contribution in [0.2, 0.25) is 0 Å². The topological polar surface area (TPSA) is 31.4 Å². The molecule has 3 aromatic carbocycles. The number of nitrogens with one attached hydrogen (secondary N) is 1. The Morgan fingerprint density at radius 2 is 1.82 bits per heavy atom. The van der Waals surface area contributed by atoms with Crippen molar-refractivity contribution in [2.24, 2.45) is 0 Å². The third-order valence-electron chi connectivity index (χ3n) is 6.94. The molecule has 1 N–H and O–H groups in total. The van der Waals surface area contributed by atoms with E-state index in [4.69, 9.17) is 0 Å². The molecule has 1 atom stereocenters. The van der Waals surface area contributed by atoms with E-state index in [1.54, 1.807) is 11.3 Å². The molecule has 4 nitrogen and oxygen atoms in total. The molecule has 5 heteroatoms. The molecule has 0 radical (unpaired) electrons. The van der Waals surface area contributed by atoms with Crippen molar-refractivity contribution in [1.82, 2.24) is 9.88 Å². The molecule has 0 amide bonds. The van der Waals surface area contributed by atoms with Crippen molar-refractivity contribution in [2.45, 2.75) is 12.5 Å². The second-order valence-corrected chi connectivity index (χ2v) is 10.2. The maximum atomic E-state index is 4.61. The fourth-order valence-electron chi connectivity index (χ4n) is 4.93. The number of nitrogens with zero attached hydrogens (tertiary/aromatic N) is 3. The van der Waals surface area contributed by atoms with E-state index < -0.39 is 0 Å². The molecule has 1 aliphatic rings. The molecule has 0 aliphatic carbocycles. The van der Waals surface area contributed by atoms with Crippen LogP contribution in [-0.4, -0.2) is 43.1 Å². The number of thiophene rings is 1. The molecular weight excluding hydrogens is 436 g/mol. The van der Waals surface area contributed by atoms with Crippen LogP contribution in [0.25, 0.3) is 32.1 Å². The lowest BCUT2D eigenvalue weighted by Gasteiger charge is -2.22. The van der Waals surface area contributed by atoms with Crippen LogP contribution in [0.4, 0.5) is 17.1 Å². The Hall–Kier alpha value is -3.41. The predicted molar refractivity (Wildman–Crippen MR) is 147 cm³/mol. The van der Waals surface area contributed by atoms with E-state index in [2.05, 4.69) is 112 Å². The van der Waals surface area contributed by atoms with Crippen molar-refractivity contribution >= 4 is 49.4 Å². The average Bonchev–Trinajstić information content (AvgIpc) is 3.53. The zero-order valence-corrected chi connectivity index (χ0v) is 20.3. The van der Waals surface area contributed by atoms with Crippen LogP contribution in [0.5, 0.6) is 0 Å². The Morgan fingerprint density at radius 1 is 0.971 bits per heavy atom. The molecule has 6 rings (SSSR count). The molecular formula is C29H28N4S. The highest BCUT2D eigenvalue weighted by Gasteiger charge is 2.23. The summed E-state index contributed by atoms with van der Waals surface area (Å²) in [6.45, 7) is 2.21. The molecule has 5 aromatic rings. The van der Waals surface area contributed by atoms with Crippen LogP contribution in [0.1, 0.15) is 6.42 Å². The van der Waals surface area contributed by atoms with E-state index in [9.17, 15) is 0 Å². The SMILES string of the molecule is CN(C)C1CCN(c2ccc(Nc3ccnc4ccc(-c5csc6ccccc56)cc34)cc2)C1. The fraction of sp³-hybridized carbons (Fsp3) is 0.207. The molecule has 170 valence electrons. The van der Waals surface area contributed by atoms with E-state index in [1.165, 1.54) is 33.3 Å². The maximum Gasteiger partial charge on any atom is 0.0723 e. The first kappa shape index (κ1) is 21.1. The molecule has 2 aromatic heterocycles. The van der Waals surface area contributed by atoms with Gasteiger partial charge in [0.15, 0.2) is 0 Å². The van der Waals surface area contributed by atoms with Gasteiger partial charge < -0.3 is 15.1 Å². The minimum Gasteiger partial charge on any atom is -0.370 e. The van der Waals surface area contributed by atoms with Crippen LogP contribution in [0.3, 0.4) is 0 Å². The van der Waals surface area contributed by atoms with E-state index in [-0.39, 0.29) is 0 Å². The van der Waals surface area contributed by atoms with Crippen molar-refractivity contribution in [3.8, 4) is 11.1 Å². The van der Waals surface area contributed by atoms with E-state index in [1.807, 2.05) is 6.20 Å². The summed E-state index contributed by atoms with van der Waals surface area (Å²) in [5, 5.41) is 8.33. The van der Waals surface area contributed by atoms with Crippen molar-refractivity contribution in [2.75, 3.05) is 37.4 Å². The summed E-state index contributed by atoms with van der Waals surface area (Å²) in [5.41, 5.74) is 6.96. The minimum atomic E-state index is 0.635. The van der Waals surface area contributed by atoms with E-state index >= 15 is 0 Å². The van der Waals surface area contributed by atoms with Gasteiger partial charge in [-0.25, -0.2) is 0 Å². The van der Waals surface area contributed by atoms with Gasteiger partial charge >= 0.3 is 0 Å². The average molecular weight is 465 g/mol. The summed E-state index contributed by atoms with van der Waals surface area (Å²) in [5.74, 6) is 0. The Morgan fingerprint density at radius 3 is 2.65 bits per heavy atom. The number of anilines is 3. The summed E-state index contributed by atoms with van der Waals surface area (Å²) in [4.78, 5) is 9.42. The predicted octanol–water partition coefficient (Wildman–Crippen LogP) is 7.00. The number of aromatic nitrogens is 1. The van der Waals surface area contributed by atoms with Gasteiger partial charge in [-0.3, -0.25) is 4.98 Å². The number of likely N-dealkylation sites (N-methyl/N-ethyl adjacent to an activating group) is 1. The normalized spacial score (nSPS) is 16.1. The Kier molecular flexibility index (Phi) is 5.44. The molecule has 0 bridgehead atoms.